The molecular weight excluding hydrogens is 348 g/mol. The molecule has 3 aromatic rings. The molecule has 3 aliphatic carbocycles. The van der Waals surface area contributed by atoms with Crippen molar-refractivity contribution in [3.63, 3.8) is 0 Å². The lowest BCUT2D eigenvalue weighted by atomic mass is 9.60. The number of aryl methyl sites for hydroxylation is 1. The van der Waals surface area contributed by atoms with Gasteiger partial charge in [0.15, 0.2) is 5.78 Å². The Bertz CT molecular complexity index is 1180. The summed E-state index contributed by atoms with van der Waals surface area (Å²) in [6.07, 6.45) is 0.669. The van der Waals surface area contributed by atoms with Crippen LogP contribution in [-0.2, 0) is 16.6 Å². The van der Waals surface area contributed by atoms with Crippen LogP contribution in [0.1, 0.15) is 45.8 Å². The van der Waals surface area contributed by atoms with Crippen LogP contribution < -0.4 is 0 Å². The molecule has 6 rings (SSSR count). The van der Waals surface area contributed by atoms with E-state index in [9.17, 15) is 14.7 Å². The summed E-state index contributed by atoms with van der Waals surface area (Å²) in [5, 5.41) is 13.3. The first kappa shape index (κ1) is 16.2. The predicted octanol–water partition coefficient (Wildman–Crippen LogP) is 3.95. The Morgan fingerprint density at radius 3 is 2.43 bits per heavy atom. The van der Waals surface area contributed by atoms with Crippen LogP contribution in [-0.4, -0.2) is 22.8 Å². The zero-order valence-electron chi connectivity index (χ0n) is 15.4. The van der Waals surface area contributed by atoms with Gasteiger partial charge < -0.3 is 5.11 Å². The fraction of sp³-hybridized carbons (Fsp3) is 0.280. The molecule has 3 aromatic carbocycles. The van der Waals surface area contributed by atoms with Crippen molar-refractivity contribution < 1.29 is 14.7 Å². The molecule has 3 aliphatic rings. The molecule has 0 heterocycles. The molecule has 0 bridgehead atoms. The van der Waals surface area contributed by atoms with Gasteiger partial charge in [-0.25, -0.2) is 0 Å². The summed E-state index contributed by atoms with van der Waals surface area (Å²) < 4.78 is 0. The van der Waals surface area contributed by atoms with Crippen LogP contribution in [0.25, 0.3) is 10.8 Å². The van der Waals surface area contributed by atoms with Gasteiger partial charge in [-0.2, -0.15) is 0 Å². The van der Waals surface area contributed by atoms with Crippen LogP contribution in [0, 0.1) is 5.92 Å². The molecule has 4 atom stereocenters. The highest BCUT2D eigenvalue weighted by molar-refractivity contribution is 6.09. The van der Waals surface area contributed by atoms with E-state index in [2.05, 4.69) is 12.1 Å². The van der Waals surface area contributed by atoms with Crippen molar-refractivity contribution in [3.05, 3.63) is 82.9 Å². The van der Waals surface area contributed by atoms with Gasteiger partial charge in [-0.05, 0) is 46.4 Å². The Balaban J connectivity index is 1.67. The molecule has 1 fully saturated rings. The number of ketones is 2. The van der Waals surface area contributed by atoms with E-state index in [1.54, 1.807) is 0 Å². The van der Waals surface area contributed by atoms with E-state index in [1.165, 1.54) is 0 Å². The zero-order valence-corrected chi connectivity index (χ0v) is 15.4. The molecule has 28 heavy (non-hydrogen) atoms. The van der Waals surface area contributed by atoms with Crippen LogP contribution >= 0.6 is 0 Å². The van der Waals surface area contributed by atoms with Crippen molar-refractivity contribution in [1.82, 2.24) is 0 Å². The van der Waals surface area contributed by atoms with Crippen molar-refractivity contribution in [3.8, 4) is 0 Å². The molecule has 1 saturated carbocycles. The maximum absolute atomic E-state index is 13.4. The van der Waals surface area contributed by atoms with E-state index < -0.39 is 11.5 Å². The average Bonchev–Trinajstić information content (AvgIpc) is 3.16. The van der Waals surface area contributed by atoms with Crippen molar-refractivity contribution in [1.29, 1.82) is 0 Å². The number of aliphatic hydroxyl groups is 1. The number of hydrogen-bond acceptors (Lipinski definition) is 3. The van der Waals surface area contributed by atoms with Gasteiger partial charge in [0, 0.05) is 23.8 Å². The number of aliphatic hydroxyl groups excluding tert-OH is 1. The SMILES string of the molecule is O=C1c2cc3ccccc3cc2[C@@H]2[C@H]1C[C@@H](O)[C@@]21C(=O)CCc2ccccc21. The van der Waals surface area contributed by atoms with Crippen LogP contribution in [0.15, 0.2) is 60.7 Å². The molecule has 0 aliphatic heterocycles. The lowest BCUT2D eigenvalue weighted by molar-refractivity contribution is -0.129. The molecule has 0 amide bonds. The van der Waals surface area contributed by atoms with Crippen molar-refractivity contribution >= 4 is 22.3 Å². The second kappa shape index (κ2) is 5.39. The summed E-state index contributed by atoms with van der Waals surface area (Å²) >= 11 is 0. The topological polar surface area (TPSA) is 54.4 Å². The predicted molar refractivity (Wildman–Crippen MR) is 107 cm³/mol. The number of carbonyl (C=O) groups is 2. The molecule has 1 spiro atoms. The third kappa shape index (κ3) is 1.78. The van der Waals surface area contributed by atoms with Crippen LogP contribution in [0.2, 0.25) is 0 Å². The number of carbonyl (C=O) groups excluding carboxylic acids is 2. The van der Waals surface area contributed by atoms with Gasteiger partial charge in [0.1, 0.15) is 5.78 Å². The third-order valence-corrected chi connectivity index (χ3v) is 7.30. The highest BCUT2D eigenvalue weighted by Gasteiger charge is 2.65. The zero-order chi connectivity index (χ0) is 19.0. The van der Waals surface area contributed by atoms with E-state index in [-0.39, 0.29) is 23.4 Å². The van der Waals surface area contributed by atoms with Gasteiger partial charge in [0.25, 0.3) is 0 Å². The molecular formula is C25H20O3. The summed E-state index contributed by atoms with van der Waals surface area (Å²) in [6, 6.07) is 20.1. The molecule has 0 radical (unpaired) electrons. The average molecular weight is 368 g/mol. The standard InChI is InChI=1S/C25H20O3/c26-21-10-9-14-5-3-4-8-20(14)25(21)22(27)13-19-23(25)17-11-15-6-1-2-7-16(15)12-18(17)24(19)28/h1-8,11-12,19,22-23,27H,9-10,13H2/t19-,22-,23-,25-/m1/s1. The number of hydrogen-bond donors (Lipinski definition) is 1. The van der Waals surface area contributed by atoms with Crippen molar-refractivity contribution in [2.24, 2.45) is 5.92 Å². The maximum Gasteiger partial charge on any atom is 0.167 e. The Morgan fingerprint density at radius 1 is 0.893 bits per heavy atom. The van der Waals surface area contributed by atoms with E-state index in [1.807, 2.05) is 48.5 Å². The normalized spacial score (nSPS) is 30.5. The summed E-state index contributed by atoms with van der Waals surface area (Å²) in [5.74, 6) is -0.432. The number of fused-ring (bicyclic) bond motifs is 7. The van der Waals surface area contributed by atoms with Gasteiger partial charge in [0.05, 0.1) is 11.5 Å². The smallest absolute Gasteiger partial charge is 0.167 e. The Hall–Kier alpha value is -2.78. The molecule has 3 heteroatoms. The van der Waals surface area contributed by atoms with Gasteiger partial charge in [-0.3, -0.25) is 9.59 Å². The van der Waals surface area contributed by atoms with Gasteiger partial charge >= 0.3 is 0 Å². The first-order chi connectivity index (χ1) is 13.6. The summed E-state index contributed by atoms with van der Waals surface area (Å²) in [5.41, 5.74) is 2.73. The number of rotatable bonds is 0. The molecule has 3 nitrogen and oxygen atoms in total. The Kier molecular flexibility index (Phi) is 3.12. The van der Waals surface area contributed by atoms with Crippen LogP contribution in [0.5, 0.6) is 0 Å². The fourth-order valence-corrected chi connectivity index (χ4v) is 6.19. The third-order valence-electron chi connectivity index (χ3n) is 7.30. The summed E-state index contributed by atoms with van der Waals surface area (Å²) in [7, 11) is 0. The lowest BCUT2D eigenvalue weighted by Gasteiger charge is -2.41. The van der Waals surface area contributed by atoms with E-state index in [0.29, 0.717) is 19.3 Å². The minimum atomic E-state index is -0.997. The molecule has 0 saturated heterocycles. The molecule has 0 aromatic heterocycles. The summed E-state index contributed by atoms with van der Waals surface area (Å²) in [6.45, 7) is 0. The molecule has 0 unspecified atom stereocenters. The van der Waals surface area contributed by atoms with E-state index in [0.717, 1.165) is 33.0 Å². The fourth-order valence-electron chi connectivity index (χ4n) is 6.19. The first-order valence-electron chi connectivity index (χ1n) is 9.99. The van der Waals surface area contributed by atoms with Crippen molar-refractivity contribution in [2.75, 3.05) is 0 Å². The van der Waals surface area contributed by atoms with Gasteiger partial charge in [-0.1, -0.05) is 54.6 Å². The van der Waals surface area contributed by atoms with Crippen molar-refractivity contribution in [2.45, 2.75) is 36.7 Å². The number of Topliss-reactive ketones (excluding diaryl/α,β-unsaturated/α-hetero) is 2. The largest absolute Gasteiger partial charge is 0.392 e. The van der Waals surface area contributed by atoms with Gasteiger partial charge in [0.2, 0.25) is 0 Å². The molecule has 1 N–H and O–H groups in total. The lowest BCUT2D eigenvalue weighted by Crippen LogP contribution is -2.49. The van der Waals surface area contributed by atoms with Crippen LogP contribution in [0.4, 0.5) is 0 Å². The quantitative estimate of drug-likeness (QED) is 0.654. The number of benzene rings is 3. The Morgan fingerprint density at radius 2 is 1.61 bits per heavy atom. The minimum absolute atomic E-state index is 0.0810. The van der Waals surface area contributed by atoms with Gasteiger partial charge in [-0.15, -0.1) is 0 Å². The van der Waals surface area contributed by atoms with Crippen LogP contribution in [0.3, 0.4) is 0 Å². The Labute approximate surface area is 163 Å². The summed E-state index contributed by atoms with van der Waals surface area (Å²) in [4.78, 5) is 26.7. The van der Waals surface area contributed by atoms with E-state index in [4.69, 9.17) is 0 Å². The maximum atomic E-state index is 13.4. The van der Waals surface area contributed by atoms with E-state index >= 15 is 0 Å². The minimum Gasteiger partial charge on any atom is -0.392 e. The monoisotopic (exact) mass is 368 g/mol. The second-order valence-corrected chi connectivity index (χ2v) is 8.44. The highest BCUT2D eigenvalue weighted by Crippen LogP contribution is 2.61. The molecule has 138 valence electrons. The first-order valence-corrected chi connectivity index (χ1v) is 9.99. The highest BCUT2D eigenvalue weighted by atomic mass is 16.3. The second-order valence-electron chi connectivity index (χ2n) is 8.44.